The SMILES string of the molecule is CN/C(=C(/F)C(=N)C(=O)O)N1CCOCC1. The van der Waals surface area contributed by atoms with Gasteiger partial charge in [-0.25, -0.2) is 9.18 Å². The van der Waals surface area contributed by atoms with Gasteiger partial charge >= 0.3 is 5.97 Å². The van der Waals surface area contributed by atoms with E-state index in [-0.39, 0.29) is 5.82 Å². The Morgan fingerprint density at radius 2 is 2.06 bits per heavy atom. The van der Waals surface area contributed by atoms with Gasteiger partial charge in [0.25, 0.3) is 0 Å². The normalized spacial score (nSPS) is 17.8. The minimum Gasteiger partial charge on any atom is -0.476 e. The first-order valence-electron chi connectivity index (χ1n) is 4.80. The van der Waals surface area contributed by atoms with Crippen LogP contribution < -0.4 is 5.32 Å². The second-order valence-electron chi connectivity index (χ2n) is 3.19. The van der Waals surface area contributed by atoms with Gasteiger partial charge in [-0.15, -0.1) is 0 Å². The molecule has 1 aliphatic heterocycles. The fourth-order valence-electron chi connectivity index (χ4n) is 1.41. The first-order chi connectivity index (χ1) is 7.57. The maximum atomic E-state index is 13.6. The van der Waals surface area contributed by atoms with E-state index in [1.165, 1.54) is 7.05 Å². The summed E-state index contributed by atoms with van der Waals surface area (Å²) in [4.78, 5) is 12.1. The number of nitrogens with one attached hydrogen (secondary N) is 2. The molecule has 1 aliphatic rings. The molecule has 0 bridgehead atoms. The number of nitrogens with zero attached hydrogens (tertiary/aromatic N) is 1. The molecule has 0 amide bonds. The lowest BCUT2D eigenvalue weighted by Gasteiger charge is -2.30. The molecule has 0 atom stereocenters. The van der Waals surface area contributed by atoms with E-state index in [2.05, 4.69) is 5.32 Å². The van der Waals surface area contributed by atoms with E-state index in [1.54, 1.807) is 4.90 Å². The highest BCUT2D eigenvalue weighted by Gasteiger charge is 2.22. The minimum atomic E-state index is -1.58. The van der Waals surface area contributed by atoms with Gasteiger partial charge in [-0.2, -0.15) is 0 Å². The van der Waals surface area contributed by atoms with E-state index in [1.807, 2.05) is 0 Å². The van der Waals surface area contributed by atoms with Crippen LogP contribution in [-0.4, -0.2) is 55.0 Å². The van der Waals surface area contributed by atoms with Gasteiger partial charge in [0, 0.05) is 20.1 Å². The second-order valence-corrected chi connectivity index (χ2v) is 3.19. The molecule has 0 aromatic heterocycles. The number of carboxylic acids is 1. The Labute approximate surface area is 92.2 Å². The minimum absolute atomic E-state index is 0.0238. The van der Waals surface area contributed by atoms with E-state index >= 15 is 0 Å². The van der Waals surface area contributed by atoms with Crippen LogP contribution in [0.1, 0.15) is 0 Å². The lowest BCUT2D eigenvalue weighted by molar-refractivity contribution is -0.129. The summed E-state index contributed by atoms with van der Waals surface area (Å²) in [5.41, 5.74) is -1.05. The Hall–Kier alpha value is -1.63. The van der Waals surface area contributed by atoms with Crippen molar-refractivity contribution in [1.29, 1.82) is 5.41 Å². The molecular formula is C9H14FN3O3. The molecule has 0 saturated carbocycles. The predicted octanol–water partition coefficient (Wildman–Crippen LogP) is -0.219. The summed E-state index contributed by atoms with van der Waals surface area (Å²) in [7, 11) is 1.49. The summed E-state index contributed by atoms with van der Waals surface area (Å²) in [6.45, 7) is 1.85. The van der Waals surface area contributed by atoms with E-state index in [9.17, 15) is 9.18 Å². The average Bonchev–Trinajstić information content (AvgIpc) is 2.30. The van der Waals surface area contributed by atoms with Crippen LogP contribution in [0.15, 0.2) is 11.6 Å². The van der Waals surface area contributed by atoms with Crippen LogP contribution >= 0.6 is 0 Å². The molecule has 16 heavy (non-hydrogen) atoms. The number of ether oxygens (including phenoxy) is 1. The summed E-state index contributed by atoms with van der Waals surface area (Å²) in [6, 6.07) is 0. The van der Waals surface area contributed by atoms with Crippen molar-refractivity contribution in [3.63, 3.8) is 0 Å². The average molecular weight is 231 g/mol. The zero-order chi connectivity index (χ0) is 12.1. The molecule has 7 heteroatoms. The molecule has 90 valence electrons. The van der Waals surface area contributed by atoms with Gasteiger partial charge in [0.05, 0.1) is 13.2 Å². The Morgan fingerprint density at radius 1 is 1.50 bits per heavy atom. The summed E-state index contributed by atoms with van der Waals surface area (Å²) in [6.07, 6.45) is 0. The zero-order valence-electron chi connectivity index (χ0n) is 8.92. The third kappa shape index (κ3) is 2.69. The maximum Gasteiger partial charge on any atom is 0.357 e. The van der Waals surface area contributed by atoms with Crippen molar-refractivity contribution in [3.05, 3.63) is 11.6 Å². The van der Waals surface area contributed by atoms with Gasteiger partial charge in [0.2, 0.25) is 0 Å². The van der Waals surface area contributed by atoms with Crippen molar-refractivity contribution < 1.29 is 19.0 Å². The van der Waals surface area contributed by atoms with E-state index in [0.717, 1.165) is 0 Å². The maximum absolute atomic E-state index is 13.6. The Morgan fingerprint density at radius 3 is 2.50 bits per heavy atom. The van der Waals surface area contributed by atoms with Crippen molar-refractivity contribution in [3.8, 4) is 0 Å². The van der Waals surface area contributed by atoms with Crippen LogP contribution in [0.5, 0.6) is 0 Å². The highest BCUT2D eigenvalue weighted by molar-refractivity contribution is 6.40. The fraction of sp³-hybridized carbons (Fsp3) is 0.556. The first-order valence-corrected chi connectivity index (χ1v) is 4.80. The van der Waals surface area contributed by atoms with Crippen molar-refractivity contribution >= 4 is 11.7 Å². The first kappa shape index (κ1) is 12.4. The standard InChI is InChI=1S/C9H14FN3O3/c1-12-8(6(10)7(11)9(14)15)13-2-4-16-5-3-13/h11-12H,2-5H2,1H3,(H,14,15)/b8-6-,11-7?. The molecule has 3 N–H and O–H groups in total. The molecule has 1 saturated heterocycles. The number of hydrogen-bond acceptors (Lipinski definition) is 5. The molecule has 0 aromatic rings. The highest BCUT2D eigenvalue weighted by Crippen LogP contribution is 2.12. The van der Waals surface area contributed by atoms with Crippen LogP contribution in [0.25, 0.3) is 0 Å². The highest BCUT2D eigenvalue weighted by atomic mass is 19.1. The van der Waals surface area contributed by atoms with E-state index in [0.29, 0.717) is 26.3 Å². The predicted molar refractivity (Wildman–Crippen MR) is 54.9 cm³/mol. The monoisotopic (exact) mass is 231 g/mol. The Kier molecular flexibility index (Phi) is 4.24. The molecule has 1 heterocycles. The molecule has 6 nitrogen and oxygen atoms in total. The number of carboxylic acid groups (broad SMARTS) is 1. The van der Waals surface area contributed by atoms with Gasteiger partial charge in [0.1, 0.15) is 5.82 Å². The van der Waals surface area contributed by atoms with Crippen molar-refractivity contribution in [2.24, 2.45) is 0 Å². The summed E-state index contributed by atoms with van der Waals surface area (Å²) >= 11 is 0. The van der Waals surface area contributed by atoms with Crippen LogP contribution in [0.2, 0.25) is 0 Å². The fourth-order valence-corrected chi connectivity index (χ4v) is 1.41. The quantitative estimate of drug-likeness (QED) is 0.582. The van der Waals surface area contributed by atoms with Crippen LogP contribution in [0.4, 0.5) is 4.39 Å². The Balaban J connectivity index is 2.89. The molecule has 0 spiro atoms. The number of aliphatic carboxylic acids is 1. The summed E-state index contributed by atoms with van der Waals surface area (Å²) < 4.78 is 18.7. The third-order valence-corrected chi connectivity index (χ3v) is 2.21. The van der Waals surface area contributed by atoms with Crippen molar-refractivity contribution in [2.75, 3.05) is 33.4 Å². The molecule has 1 fully saturated rings. The molecule has 0 unspecified atom stereocenters. The van der Waals surface area contributed by atoms with Crippen LogP contribution in [0.3, 0.4) is 0 Å². The molecular weight excluding hydrogens is 217 g/mol. The summed E-state index contributed by atoms with van der Waals surface area (Å²) in [5, 5.41) is 18.2. The van der Waals surface area contributed by atoms with Gasteiger partial charge in [-0.1, -0.05) is 0 Å². The number of rotatable bonds is 4. The Bertz CT molecular complexity index is 324. The zero-order valence-corrected chi connectivity index (χ0v) is 8.92. The van der Waals surface area contributed by atoms with Gasteiger partial charge in [-0.3, -0.25) is 5.41 Å². The molecule has 1 rings (SSSR count). The lowest BCUT2D eigenvalue weighted by Crippen LogP contribution is -2.40. The number of halogens is 1. The third-order valence-electron chi connectivity index (χ3n) is 2.21. The molecule has 0 aliphatic carbocycles. The van der Waals surface area contributed by atoms with Crippen molar-refractivity contribution in [1.82, 2.24) is 10.2 Å². The second kappa shape index (κ2) is 5.45. The topological polar surface area (TPSA) is 85.7 Å². The molecule has 0 radical (unpaired) electrons. The van der Waals surface area contributed by atoms with Gasteiger partial charge < -0.3 is 20.1 Å². The van der Waals surface area contributed by atoms with Gasteiger partial charge in [-0.05, 0) is 0 Å². The van der Waals surface area contributed by atoms with Crippen molar-refractivity contribution in [2.45, 2.75) is 0 Å². The van der Waals surface area contributed by atoms with Crippen LogP contribution in [-0.2, 0) is 9.53 Å². The molecule has 0 aromatic carbocycles. The van der Waals surface area contributed by atoms with E-state index < -0.39 is 17.5 Å². The number of carbonyl (C=O) groups is 1. The van der Waals surface area contributed by atoms with E-state index in [4.69, 9.17) is 15.3 Å². The number of hydrogen-bond donors (Lipinski definition) is 3. The largest absolute Gasteiger partial charge is 0.476 e. The number of morpholine rings is 1. The van der Waals surface area contributed by atoms with Gasteiger partial charge in [0.15, 0.2) is 11.5 Å². The van der Waals surface area contributed by atoms with Crippen LogP contribution in [0, 0.1) is 5.41 Å². The lowest BCUT2D eigenvalue weighted by atomic mass is 10.3. The smallest absolute Gasteiger partial charge is 0.357 e. The summed E-state index contributed by atoms with van der Waals surface area (Å²) in [5.74, 6) is -2.62.